The largest absolute Gasteiger partial charge is 0.352 e. The van der Waals surface area contributed by atoms with Crippen LogP contribution in [0.2, 0.25) is 0 Å². The Morgan fingerprint density at radius 2 is 1.74 bits per heavy atom. The van der Waals surface area contributed by atoms with Crippen LogP contribution in [0.1, 0.15) is 57.5 Å². The smallest absolute Gasteiger partial charge is 0.225 e. The second-order valence-corrected chi connectivity index (χ2v) is 10.4. The Labute approximate surface area is 206 Å². The minimum Gasteiger partial charge on any atom is -0.352 e. The van der Waals surface area contributed by atoms with Gasteiger partial charge in [0.2, 0.25) is 5.91 Å². The van der Waals surface area contributed by atoms with Gasteiger partial charge in [0.25, 0.3) is 0 Å². The maximum atomic E-state index is 13.6. The van der Waals surface area contributed by atoms with Crippen LogP contribution in [0.4, 0.5) is 10.2 Å². The van der Waals surface area contributed by atoms with Gasteiger partial charge in [-0.3, -0.25) is 4.79 Å². The first-order valence-corrected chi connectivity index (χ1v) is 13.0. The molecule has 1 aliphatic carbocycles. The Hall–Kier alpha value is -3.03. The Morgan fingerprint density at radius 3 is 2.40 bits per heavy atom. The third kappa shape index (κ3) is 4.88. The summed E-state index contributed by atoms with van der Waals surface area (Å²) in [5, 5.41) is 5.71. The van der Waals surface area contributed by atoms with Gasteiger partial charge in [-0.1, -0.05) is 26.7 Å². The second kappa shape index (κ2) is 9.91. The number of carbonyl (C=O) groups is 1. The second-order valence-electron chi connectivity index (χ2n) is 10.4. The van der Waals surface area contributed by atoms with E-state index >= 15 is 0 Å². The first-order chi connectivity index (χ1) is 16.9. The number of aryl methyl sites for hydroxylation is 2. The highest BCUT2D eigenvalue weighted by molar-refractivity contribution is 5.91. The molecule has 1 aliphatic heterocycles. The number of benzene rings is 1. The van der Waals surface area contributed by atoms with Gasteiger partial charge in [-0.05, 0) is 56.4 Å². The Morgan fingerprint density at radius 1 is 1.06 bits per heavy atom. The molecule has 1 saturated heterocycles. The van der Waals surface area contributed by atoms with Crippen molar-refractivity contribution in [3.8, 4) is 5.69 Å². The Balaban J connectivity index is 1.48. The summed E-state index contributed by atoms with van der Waals surface area (Å²) in [5.74, 6) is 2.51. The SMILES string of the molecule is Cc1nn(-c2ccc(F)cc2)c2nc(CCC(C)C)nc(N3CCN(C(=O)C4CCCC4)CC3)c12. The summed E-state index contributed by atoms with van der Waals surface area (Å²) in [7, 11) is 0. The van der Waals surface area contributed by atoms with Crippen LogP contribution in [0.15, 0.2) is 24.3 Å². The Kier molecular flexibility index (Phi) is 6.71. The summed E-state index contributed by atoms with van der Waals surface area (Å²) in [6, 6.07) is 6.34. The predicted molar refractivity (Wildman–Crippen MR) is 135 cm³/mol. The van der Waals surface area contributed by atoms with E-state index in [-0.39, 0.29) is 11.7 Å². The minimum absolute atomic E-state index is 0.214. The number of carbonyl (C=O) groups excluding carboxylic acids is 1. The van der Waals surface area contributed by atoms with E-state index in [1.165, 1.54) is 25.0 Å². The van der Waals surface area contributed by atoms with Crippen LogP contribution in [0.5, 0.6) is 0 Å². The minimum atomic E-state index is -0.278. The fraction of sp³-hybridized carbons (Fsp3) is 0.556. The number of fused-ring (bicyclic) bond motifs is 1. The molecule has 5 rings (SSSR count). The number of hydrogen-bond donors (Lipinski definition) is 0. The van der Waals surface area contributed by atoms with Gasteiger partial charge in [0.15, 0.2) is 5.65 Å². The van der Waals surface area contributed by atoms with Gasteiger partial charge in [-0.25, -0.2) is 19.0 Å². The fourth-order valence-electron chi connectivity index (χ4n) is 5.30. The first-order valence-electron chi connectivity index (χ1n) is 13.0. The lowest BCUT2D eigenvalue weighted by Crippen LogP contribution is -2.50. The molecule has 0 atom stereocenters. The number of rotatable bonds is 6. The van der Waals surface area contributed by atoms with Gasteiger partial charge in [0.05, 0.1) is 16.8 Å². The summed E-state index contributed by atoms with van der Waals surface area (Å²) < 4.78 is 15.4. The maximum absolute atomic E-state index is 13.6. The molecule has 1 saturated carbocycles. The van der Waals surface area contributed by atoms with Crippen LogP contribution < -0.4 is 4.90 Å². The van der Waals surface area contributed by atoms with E-state index < -0.39 is 0 Å². The summed E-state index contributed by atoms with van der Waals surface area (Å²) in [4.78, 5) is 27.2. The van der Waals surface area contributed by atoms with Crippen molar-refractivity contribution in [3.63, 3.8) is 0 Å². The van der Waals surface area contributed by atoms with E-state index in [0.717, 1.165) is 72.8 Å². The standard InChI is InChI=1S/C27H35FN6O/c1-18(2)8-13-23-29-25(32-14-16-33(17-15-32)27(35)20-6-4-5-7-20)24-19(3)31-34(26(24)30-23)22-11-9-21(28)10-12-22/h9-12,18,20H,4-8,13-17H2,1-3H3. The number of nitrogens with zero attached hydrogens (tertiary/aromatic N) is 6. The number of halogens is 1. The van der Waals surface area contributed by atoms with E-state index in [1.807, 2.05) is 11.8 Å². The van der Waals surface area contributed by atoms with Crippen LogP contribution >= 0.6 is 0 Å². The lowest BCUT2D eigenvalue weighted by Gasteiger charge is -2.37. The zero-order chi connectivity index (χ0) is 24.5. The fourth-order valence-corrected chi connectivity index (χ4v) is 5.30. The number of hydrogen-bond acceptors (Lipinski definition) is 5. The molecule has 1 aromatic carbocycles. The van der Waals surface area contributed by atoms with Crippen molar-refractivity contribution in [2.75, 3.05) is 31.1 Å². The first kappa shape index (κ1) is 23.7. The average Bonchev–Trinajstić information content (AvgIpc) is 3.51. The van der Waals surface area contributed by atoms with E-state index in [4.69, 9.17) is 15.1 Å². The molecule has 0 N–H and O–H groups in total. The third-order valence-corrected chi connectivity index (χ3v) is 7.34. The summed E-state index contributed by atoms with van der Waals surface area (Å²) in [6.07, 6.45) is 6.20. The Bertz CT molecular complexity index is 1190. The molecule has 1 amide bonds. The van der Waals surface area contributed by atoms with Crippen molar-refractivity contribution in [1.29, 1.82) is 0 Å². The van der Waals surface area contributed by atoms with Gasteiger partial charge >= 0.3 is 0 Å². The maximum Gasteiger partial charge on any atom is 0.225 e. The number of piperazine rings is 1. The normalized spacial score (nSPS) is 17.2. The molecule has 0 unspecified atom stereocenters. The van der Waals surface area contributed by atoms with Crippen molar-refractivity contribution in [2.45, 2.75) is 59.3 Å². The zero-order valence-electron chi connectivity index (χ0n) is 21.0. The van der Waals surface area contributed by atoms with Gasteiger partial charge < -0.3 is 9.80 Å². The van der Waals surface area contributed by atoms with Gasteiger partial charge in [0, 0.05) is 38.5 Å². The molecule has 186 valence electrons. The van der Waals surface area contributed by atoms with Crippen LogP contribution in [-0.4, -0.2) is 56.7 Å². The highest BCUT2D eigenvalue weighted by Crippen LogP contribution is 2.31. The van der Waals surface area contributed by atoms with Gasteiger partial charge in [-0.2, -0.15) is 5.10 Å². The molecule has 0 bridgehead atoms. The molecule has 0 spiro atoms. The topological polar surface area (TPSA) is 67.2 Å². The average molecular weight is 479 g/mol. The molecule has 7 nitrogen and oxygen atoms in total. The lowest BCUT2D eigenvalue weighted by molar-refractivity contribution is -0.135. The predicted octanol–water partition coefficient (Wildman–Crippen LogP) is 4.69. The third-order valence-electron chi connectivity index (χ3n) is 7.34. The molecular weight excluding hydrogens is 443 g/mol. The van der Waals surface area contributed by atoms with Crippen LogP contribution in [0.25, 0.3) is 16.7 Å². The molecule has 2 aromatic heterocycles. The van der Waals surface area contributed by atoms with E-state index in [9.17, 15) is 9.18 Å². The molecule has 8 heteroatoms. The van der Waals surface area contributed by atoms with Crippen LogP contribution in [0, 0.1) is 24.6 Å². The van der Waals surface area contributed by atoms with Crippen molar-refractivity contribution in [3.05, 3.63) is 41.6 Å². The molecule has 3 aromatic rings. The van der Waals surface area contributed by atoms with E-state index in [2.05, 4.69) is 18.7 Å². The summed E-state index contributed by atoms with van der Waals surface area (Å²) in [6.45, 7) is 9.30. The van der Waals surface area contributed by atoms with Crippen molar-refractivity contribution < 1.29 is 9.18 Å². The number of amides is 1. The molecule has 0 radical (unpaired) electrons. The number of anilines is 1. The monoisotopic (exact) mass is 478 g/mol. The molecule has 2 fully saturated rings. The van der Waals surface area contributed by atoms with E-state index in [1.54, 1.807) is 16.8 Å². The molecule has 35 heavy (non-hydrogen) atoms. The number of aromatic nitrogens is 4. The van der Waals surface area contributed by atoms with Gasteiger partial charge in [0.1, 0.15) is 17.5 Å². The summed E-state index contributed by atoms with van der Waals surface area (Å²) >= 11 is 0. The molecular formula is C27H35FN6O. The van der Waals surface area contributed by atoms with E-state index in [0.29, 0.717) is 24.9 Å². The highest BCUT2D eigenvalue weighted by atomic mass is 19.1. The quantitative estimate of drug-likeness (QED) is 0.514. The highest BCUT2D eigenvalue weighted by Gasteiger charge is 2.31. The molecule has 3 heterocycles. The van der Waals surface area contributed by atoms with Crippen molar-refractivity contribution >= 4 is 22.8 Å². The lowest BCUT2D eigenvalue weighted by atomic mass is 10.1. The van der Waals surface area contributed by atoms with Crippen molar-refractivity contribution in [2.24, 2.45) is 11.8 Å². The summed E-state index contributed by atoms with van der Waals surface area (Å²) in [5.41, 5.74) is 2.37. The van der Waals surface area contributed by atoms with Crippen molar-refractivity contribution in [1.82, 2.24) is 24.6 Å². The van der Waals surface area contributed by atoms with Crippen LogP contribution in [0.3, 0.4) is 0 Å². The van der Waals surface area contributed by atoms with Gasteiger partial charge in [-0.15, -0.1) is 0 Å². The van der Waals surface area contributed by atoms with Crippen LogP contribution in [-0.2, 0) is 11.2 Å². The molecule has 2 aliphatic rings. The zero-order valence-corrected chi connectivity index (χ0v) is 21.0.